The van der Waals surface area contributed by atoms with Crippen LogP contribution in [0.3, 0.4) is 0 Å². The van der Waals surface area contributed by atoms with E-state index in [0.29, 0.717) is 23.2 Å². The van der Waals surface area contributed by atoms with Crippen molar-refractivity contribution in [2.45, 2.75) is 91.1 Å². The SMILES string of the molecule is COC(=O)CCC(C)C1CCC2C3CC=C4C[C@@H](O)CCC4(C)C3CCC12C. The third kappa shape index (κ3) is 3.16. The molecule has 0 heterocycles. The van der Waals surface area contributed by atoms with E-state index in [1.807, 2.05) is 0 Å². The molecule has 0 aromatic heterocycles. The molecule has 0 aromatic carbocycles. The highest BCUT2D eigenvalue weighted by molar-refractivity contribution is 5.69. The lowest BCUT2D eigenvalue weighted by Crippen LogP contribution is -2.50. The Hall–Kier alpha value is -0.830. The number of methoxy groups -OCH3 is 1. The summed E-state index contributed by atoms with van der Waals surface area (Å²) in [7, 11) is 1.50. The number of hydrogen-bond donors (Lipinski definition) is 1. The Bertz CT molecular complexity index is 640. The Balaban J connectivity index is 1.51. The van der Waals surface area contributed by atoms with Crippen molar-refractivity contribution in [2.75, 3.05) is 7.11 Å². The van der Waals surface area contributed by atoms with Gasteiger partial charge in [0, 0.05) is 6.42 Å². The molecule has 0 aliphatic heterocycles. The number of esters is 1. The predicted molar refractivity (Wildman–Crippen MR) is 112 cm³/mol. The summed E-state index contributed by atoms with van der Waals surface area (Å²) in [5, 5.41) is 10.2. The molecule has 0 saturated heterocycles. The van der Waals surface area contributed by atoms with Crippen molar-refractivity contribution < 1.29 is 14.6 Å². The van der Waals surface area contributed by atoms with Crippen LogP contribution in [0.15, 0.2) is 11.6 Å². The highest BCUT2D eigenvalue weighted by atomic mass is 16.5. The summed E-state index contributed by atoms with van der Waals surface area (Å²) < 4.78 is 4.87. The molecule has 4 rings (SSSR count). The van der Waals surface area contributed by atoms with Gasteiger partial charge in [0.2, 0.25) is 0 Å². The fraction of sp³-hybridized carbons (Fsp3) is 0.880. The van der Waals surface area contributed by atoms with Crippen LogP contribution in [0.1, 0.15) is 85.0 Å². The van der Waals surface area contributed by atoms with Gasteiger partial charge in [0.25, 0.3) is 0 Å². The van der Waals surface area contributed by atoms with Crippen LogP contribution in [-0.2, 0) is 9.53 Å². The maximum absolute atomic E-state index is 11.6. The van der Waals surface area contributed by atoms with Gasteiger partial charge < -0.3 is 9.84 Å². The van der Waals surface area contributed by atoms with Crippen LogP contribution in [-0.4, -0.2) is 24.3 Å². The molecule has 4 aliphatic carbocycles. The number of hydrogen-bond acceptors (Lipinski definition) is 3. The van der Waals surface area contributed by atoms with E-state index in [9.17, 15) is 9.90 Å². The second-order valence-electron chi connectivity index (χ2n) is 11.0. The van der Waals surface area contributed by atoms with Crippen LogP contribution in [0.5, 0.6) is 0 Å². The number of fused-ring (bicyclic) bond motifs is 5. The van der Waals surface area contributed by atoms with E-state index in [1.165, 1.54) is 45.6 Å². The van der Waals surface area contributed by atoms with Gasteiger partial charge in [-0.05, 0) is 98.2 Å². The normalized spacial score (nSPS) is 46.0. The van der Waals surface area contributed by atoms with E-state index in [2.05, 4.69) is 26.8 Å². The van der Waals surface area contributed by atoms with Gasteiger partial charge in [-0.3, -0.25) is 4.79 Å². The van der Waals surface area contributed by atoms with Gasteiger partial charge in [0.05, 0.1) is 13.2 Å². The maximum atomic E-state index is 11.6. The average molecular weight is 389 g/mol. The zero-order chi connectivity index (χ0) is 20.1. The molecule has 8 atom stereocenters. The Morgan fingerprint density at radius 2 is 2.00 bits per heavy atom. The molecule has 28 heavy (non-hydrogen) atoms. The molecule has 0 bridgehead atoms. The first kappa shape index (κ1) is 20.4. The van der Waals surface area contributed by atoms with Gasteiger partial charge in [-0.2, -0.15) is 0 Å². The Labute approximate surface area is 171 Å². The standard InChI is InChI=1S/C25H40O3/c1-16(5-10-23(27)28-4)20-8-9-21-19-7-6-17-15-18(26)11-13-24(17,2)22(19)12-14-25(20,21)3/h6,16,18-22,26H,5,7-15H2,1-4H3/t16?,18-,19?,20?,21?,22?,24?,25?/m0/s1. The fourth-order valence-corrected chi connectivity index (χ4v) is 8.27. The molecule has 3 saturated carbocycles. The zero-order valence-corrected chi connectivity index (χ0v) is 18.4. The Morgan fingerprint density at radius 1 is 1.21 bits per heavy atom. The van der Waals surface area contributed by atoms with Gasteiger partial charge in [-0.1, -0.05) is 32.4 Å². The van der Waals surface area contributed by atoms with Crippen molar-refractivity contribution >= 4 is 5.97 Å². The average Bonchev–Trinajstić information content (AvgIpc) is 3.03. The summed E-state index contributed by atoms with van der Waals surface area (Å²) in [6, 6.07) is 0. The summed E-state index contributed by atoms with van der Waals surface area (Å²) in [4.78, 5) is 11.6. The number of carbonyl (C=O) groups is 1. The monoisotopic (exact) mass is 388 g/mol. The summed E-state index contributed by atoms with van der Waals surface area (Å²) in [5.74, 6) is 3.74. The maximum Gasteiger partial charge on any atom is 0.305 e. The second kappa shape index (κ2) is 7.45. The zero-order valence-electron chi connectivity index (χ0n) is 18.4. The summed E-state index contributed by atoms with van der Waals surface area (Å²) in [6.07, 6.45) is 13.6. The van der Waals surface area contributed by atoms with Crippen molar-refractivity contribution in [1.82, 2.24) is 0 Å². The van der Waals surface area contributed by atoms with Gasteiger partial charge in [0.15, 0.2) is 0 Å². The van der Waals surface area contributed by atoms with Crippen LogP contribution >= 0.6 is 0 Å². The van der Waals surface area contributed by atoms with Crippen molar-refractivity contribution in [2.24, 2.45) is 40.4 Å². The number of allylic oxidation sites excluding steroid dienone is 1. The minimum absolute atomic E-state index is 0.0624. The van der Waals surface area contributed by atoms with Crippen molar-refractivity contribution in [1.29, 1.82) is 0 Å². The van der Waals surface area contributed by atoms with Gasteiger partial charge in [0.1, 0.15) is 0 Å². The highest BCUT2D eigenvalue weighted by Crippen LogP contribution is 2.67. The molecule has 0 radical (unpaired) electrons. The molecule has 7 unspecified atom stereocenters. The topological polar surface area (TPSA) is 46.5 Å². The lowest BCUT2D eigenvalue weighted by atomic mass is 9.47. The van der Waals surface area contributed by atoms with E-state index in [-0.39, 0.29) is 12.1 Å². The first-order valence-corrected chi connectivity index (χ1v) is 11.7. The lowest BCUT2D eigenvalue weighted by Gasteiger charge is -2.58. The van der Waals surface area contributed by atoms with Gasteiger partial charge in [-0.25, -0.2) is 0 Å². The molecular weight excluding hydrogens is 348 g/mol. The molecule has 3 heteroatoms. The van der Waals surface area contributed by atoms with E-state index < -0.39 is 0 Å². The highest BCUT2D eigenvalue weighted by Gasteiger charge is 2.59. The number of aliphatic hydroxyl groups excluding tert-OH is 1. The fourth-order valence-electron chi connectivity index (χ4n) is 8.27. The summed E-state index contributed by atoms with van der Waals surface area (Å²) in [6.45, 7) is 7.46. The van der Waals surface area contributed by atoms with Crippen molar-refractivity contribution in [3.05, 3.63) is 11.6 Å². The summed E-state index contributed by atoms with van der Waals surface area (Å²) in [5.41, 5.74) is 2.34. The molecule has 0 spiro atoms. The van der Waals surface area contributed by atoms with Crippen LogP contribution in [0, 0.1) is 40.4 Å². The number of carbonyl (C=O) groups excluding carboxylic acids is 1. The molecule has 0 amide bonds. The molecule has 3 fully saturated rings. The second-order valence-corrected chi connectivity index (χ2v) is 11.0. The largest absolute Gasteiger partial charge is 0.469 e. The summed E-state index contributed by atoms with van der Waals surface area (Å²) >= 11 is 0. The van der Waals surface area contributed by atoms with E-state index in [4.69, 9.17) is 4.74 Å². The first-order chi connectivity index (χ1) is 13.3. The Morgan fingerprint density at radius 3 is 2.75 bits per heavy atom. The predicted octanol–water partition coefficient (Wildman–Crippen LogP) is 5.52. The number of rotatable bonds is 4. The Kier molecular flexibility index (Phi) is 5.44. The molecule has 0 aromatic rings. The van der Waals surface area contributed by atoms with Crippen molar-refractivity contribution in [3.63, 3.8) is 0 Å². The van der Waals surface area contributed by atoms with E-state index in [1.54, 1.807) is 5.57 Å². The number of aliphatic hydroxyl groups is 1. The molecule has 3 nitrogen and oxygen atoms in total. The molecule has 4 aliphatic rings. The van der Waals surface area contributed by atoms with Crippen LogP contribution < -0.4 is 0 Å². The van der Waals surface area contributed by atoms with Gasteiger partial charge in [-0.15, -0.1) is 0 Å². The third-order valence-electron chi connectivity index (χ3n) is 9.87. The molecule has 1 N–H and O–H groups in total. The van der Waals surface area contributed by atoms with E-state index in [0.717, 1.165) is 42.9 Å². The van der Waals surface area contributed by atoms with Gasteiger partial charge >= 0.3 is 5.97 Å². The van der Waals surface area contributed by atoms with Crippen LogP contribution in [0.2, 0.25) is 0 Å². The van der Waals surface area contributed by atoms with Crippen molar-refractivity contribution in [3.8, 4) is 0 Å². The van der Waals surface area contributed by atoms with Crippen LogP contribution in [0.4, 0.5) is 0 Å². The third-order valence-corrected chi connectivity index (χ3v) is 9.87. The lowest BCUT2D eigenvalue weighted by molar-refractivity contribution is -0.141. The van der Waals surface area contributed by atoms with Crippen LogP contribution in [0.25, 0.3) is 0 Å². The minimum atomic E-state index is -0.115. The smallest absolute Gasteiger partial charge is 0.305 e. The quantitative estimate of drug-likeness (QED) is 0.510. The minimum Gasteiger partial charge on any atom is -0.469 e. The first-order valence-electron chi connectivity index (χ1n) is 11.7. The van der Waals surface area contributed by atoms with E-state index >= 15 is 0 Å². The molecular formula is C25H40O3. The number of ether oxygens (including phenoxy) is 1. The molecule has 158 valence electrons.